The Morgan fingerprint density at radius 1 is 1.31 bits per heavy atom. The Morgan fingerprint density at radius 2 is 2.14 bits per heavy atom. The molecule has 2 heterocycles. The van der Waals surface area contributed by atoms with Gasteiger partial charge in [-0.2, -0.15) is 0 Å². The fraction of sp³-hybridized carbons (Fsp3) is 0.211. The molecule has 0 fully saturated rings. The van der Waals surface area contributed by atoms with Crippen LogP contribution in [0.5, 0.6) is 5.75 Å². The van der Waals surface area contributed by atoms with Crippen LogP contribution in [-0.4, -0.2) is 36.0 Å². The van der Waals surface area contributed by atoms with Gasteiger partial charge < -0.3 is 15.4 Å². The number of ether oxygens (including phenoxy) is 1. The van der Waals surface area contributed by atoms with E-state index in [0.29, 0.717) is 33.7 Å². The molecule has 1 unspecified atom stereocenters. The molecule has 1 atom stereocenters. The second kappa shape index (κ2) is 9.44. The second-order valence-corrected chi connectivity index (χ2v) is 7.30. The van der Waals surface area contributed by atoms with E-state index in [9.17, 15) is 14.4 Å². The zero-order chi connectivity index (χ0) is 20.8. The smallest absolute Gasteiger partial charge is 0.262 e. The molecule has 2 aromatic rings. The number of methoxy groups -OCH3 is 1. The molecule has 1 aliphatic heterocycles. The van der Waals surface area contributed by atoms with Crippen LogP contribution in [0.15, 0.2) is 40.7 Å². The first kappa shape index (κ1) is 20.7. The van der Waals surface area contributed by atoms with Crippen molar-refractivity contribution in [1.82, 2.24) is 4.98 Å². The number of allylic oxidation sites excluding steroid dienone is 1. The summed E-state index contributed by atoms with van der Waals surface area (Å²) < 4.78 is 5.20. The first-order valence-corrected chi connectivity index (χ1v) is 9.85. The van der Waals surface area contributed by atoms with Crippen molar-refractivity contribution in [3.8, 4) is 5.75 Å². The van der Waals surface area contributed by atoms with E-state index in [1.807, 2.05) is 0 Å². The van der Waals surface area contributed by atoms with Gasteiger partial charge in [0.05, 0.1) is 18.5 Å². The number of benzene rings is 1. The molecular formula is C19H17ClN4O4S. The first-order chi connectivity index (χ1) is 14.0. The Labute approximate surface area is 175 Å². The number of dihydropyridines is 1. The predicted molar refractivity (Wildman–Crippen MR) is 112 cm³/mol. The van der Waals surface area contributed by atoms with Crippen LogP contribution >= 0.6 is 22.9 Å². The average Bonchev–Trinajstić information content (AvgIpc) is 3.14. The lowest BCUT2D eigenvalue weighted by molar-refractivity contribution is -0.128. The molecule has 150 valence electrons. The minimum absolute atomic E-state index is 0.186. The van der Waals surface area contributed by atoms with Crippen LogP contribution in [-0.2, 0) is 20.8 Å². The van der Waals surface area contributed by atoms with Gasteiger partial charge in [-0.05, 0) is 30.7 Å². The minimum atomic E-state index is -0.953. The van der Waals surface area contributed by atoms with Crippen molar-refractivity contribution in [2.75, 3.05) is 17.7 Å². The van der Waals surface area contributed by atoms with Crippen molar-refractivity contribution < 1.29 is 19.1 Å². The molecule has 1 aromatic carbocycles. The van der Waals surface area contributed by atoms with E-state index in [4.69, 9.17) is 16.3 Å². The van der Waals surface area contributed by atoms with Crippen molar-refractivity contribution in [1.29, 1.82) is 0 Å². The van der Waals surface area contributed by atoms with Crippen LogP contribution in [0.2, 0.25) is 5.02 Å². The van der Waals surface area contributed by atoms with E-state index in [2.05, 4.69) is 20.6 Å². The van der Waals surface area contributed by atoms with Crippen LogP contribution in [0.25, 0.3) is 0 Å². The number of carbonyl (C=O) groups excluding carboxylic acids is 3. The molecule has 8 nitrogen and oxygen atoms in total. The zero-order valence-electron chi connectivity index (χ0n) is 15.3. The Bertz CT molecular complexity index is 1000. The van der Waals surface area contributed by atoms with Gasteiger partial charge in [0.2, 0.25) is 11.8 Å². The standard InChI is InChI=1S/C19H17ClN4O4S/c1-28-15-6-4-11(20)9-14(15)23-16(25)7-5-12-10-29-19(22-12)24-18(27)13-3-2-8-21-17(13)26/h2-4,6,8-10,13H,5,7H2,1H3,(H,23,25)(H,22,24,27). The van der Waals surface area contributed by atoms with E-state index in [1.165, 1.54) is 30.7 Å². The van der Waals surface area contributed by atoms with Crippen LogP contribution in [0, 0.1) is 5.92 Å². The fourth-order valence-electron chi connectivity index (χ4n) is 2.53. The lowest BCUT2D eigenvalue weighted by Gasteiger charge is -2.10. The Hall–Kier alpha value is -3.04. The van der Waals surface area contributed by atoms with Crippen LogP contribution in [0.4, 0.5) is 10.8 Å². The summed E-state index contributed by atoms with van der Waals surface area (Å²) >= 11 is 7.18. The van der Waals surface area contributed by atoms with Gasteiger partial charge in [-0.3, -0.25) is 14.4 Å². The lowest BCUT2D eigenvalue weighted by atomic mass is 10.1. The van der Waals surface area contributed by atoms with Crippen LogP contribution < -0.4 is 15.4 Å². The third-order valence-electron chi connectivity index (χ3n) is 3.97. The van der Waals surface area contributed by atoms with E-state index >= 15 is 0 Å². The van der Waals surface area contributed by atoms with Gasteiger partial charge in [-0.15, -0.1) is 11.3 Å². The Morgan fingerprint density at radius 3 is 2.90 bits per heavy atom. The molecule has 0 bridgehead atoms. The molecule has 3 rings (SSSR count). The van der Waals surface area contributed by atoms with E-state index in [1.54, 1.807) is 29.7 Å². The van der Waals surface area contributed by atoms with Gasteiger partial charge in [0.15, 0.2) is 5.13 Å². The molecule has 0 saturated heterocycles. The number of aromatic nitrogens is 1. The quantitative estimate of drug-likeness (QED) is 0.653. The number of aryl methyl sites for hydroxylation is 1. The normalized spacial score (nSPS) is 15.2. The summed E-state index contributed by atoms with van der Waals surface area (Å²) in [5.74, 6) is -1.67. The molecule has 0 radical (unpaired) electrons. The predicted octanol–water partition coefficient (Wildman–Crippen LogP) is 3.10. The van der Waals surface area contributed by atoms with Crippen molar-refractivity contribution in [2.45, 2.75) is 12.8 Å². The average molecular weight is 433 g/mol. The van der Waals surface area contributed by atoms with Crippen molar-refractivity contribution in [2.24, 2.45) is 10.9 Å². The summed E-state index contributed by atoms with van der Waals surface area (Å²) in [5.41, 5.74) is 1.14. The number of anilines is 2. The highest BCUT2D eigenvalue weighted by molar-refractivity contribution is 7.13. The largest absolute Gasteiger partial charge is 0.495 e. The summed E-state index contributed by atoms with van der Waals surface area (Å²) in [7, 11) is 1.51. The number of halogens is 1. The van der Waals surface area contributed by atoms with Crippen LogP contribution in [0.3, 0.4) is 0 Å². The summed E-state index contributed by atoms with van der Waals surface area (Å²) in [6.07, 6.45) is 4.94. The van der Waals surface area contributed by atoms with Gasteiger partial charge >= 0.3 is 0 Å². The second-order valence-electron chi connectivity index (χ2n) is 6.01. The maximum Gasteiger partial charge on any atom is 0.262 e. The highest BCUT2D eigenvalue weighted by Gasteiger charge is 2.25. The zero-order valence-corrected chi connectivity index (χ0v) is 16.9. The van der Waals surface area contributed by atoms with Gasteiger partial charge in [0.25, 0.3) is 5.91 Å². The van der Waals surface area contributed by atoms with Gasteiger partial charge in [-0.1, -0.05) is 17.7 Å². The topological polar surface area (TPSA) is 110 Å². The SMILES string of the molecule is COc1ccc(Cl)cc1NC(=O)CCc1csc(NC(=O)C2C=CC=NC2=O)n1. The summed E-state index contributed by atoms with van der Waals surface area (Å²) in [6.45, 7) is 0. The maximum atomic E-state index is 12.2. The molecule has 10 heteroatoms. The van der Waals surface area contributed by atoms with E-state index in [-0.39, 0.29) is 12.3 Å². The maximum absolute atomic E-state index is 12.2. The number of nitrogens with one attached hydrogen (secondary N) is 2. The summed E-state index contributed by atoms with van der Waals surface area (Å²) in [5, 5.41) is 7.95. The molecule has 1 aliphatic rings. The number of aliphatic imine (C=N–C) groups is 1. The lowest BCUT2D eigenvalue weighted by Crippen LogP contribution is -2.28. The molecular weight excluding hydrogens is 416 g/mol. The van der Waals surface area contributed by atoms with Crippen molar-refractivity contribution >= 4 is 57.7 Å². The molecule has 1 aromatic heterocycles. The number of rotatable bonds is 7. The van der Waals surface area contributed by atoms with Gasteiger partial charge in [0.1, 0.15) is 11.7 Å². The molecule has 29 heavy (non-hydrogen) atoms. The number of nitrogens with zero attached hydrogens (tertiary/aromatic N) is 2. The molecule has 0 saturated carbocycles. The Balaban J connectivity index is 1.53. The first-order valence-electron chi connectivity index (χ1n) is 8.59. The Kier molecular flexibility index (Phi) is 6.73. The minimum Gasteiger partial charge on any atom is -0.495 e. The van der Waals surface area contributed by atoms with Crippen LogP contribution in [0.1, 0.15) is 12.1 Å². The van der Waals surface area contributed by atoms with Crippen molar-refractivity contribution in [3.05, 3.63) is 46.4 Å². The number of hydrogen-bond acceptors (Lipinski definition) is 6. The number of carbonyl (C=O) groups is 3. The third-order valence-corrected chi connectivity index (χ3v) is 5.01. The van der Waals surface area contributed by atoms with E-state index in [0.717, 1.165) is 0 Å². The third kappa shape index (κ3) is 5.49. The van der Waals surface area contributed by atoms with Gasteiger partial charge in [-0.25, -0.2) is 9.98 Å². The summed E-state index contributed by atoms with van der Waals surface area (Å²) in [6, 6.07) is 4.95. The molecule has 2 N–H and O–H groups in total. The summed E-state index contributed by atoms with van der Waals surface area (Å²) in [4.78, 5) is 43.9. The molecule has 3 amide bonds. The number of thiazole rings is 1. The fourth-order valence-corrected chi connectivity index (χ4v) is 3.45. The highest BCUT2D eigenvalue weighted by Crippen LogP contribution is 2.28. The number of amides is 3. The molecule has 0 aliphatic carbocycles. The van der Waals surface area contributed by atoms with Crippen molar-refractivity contribution in [3.63, 3.8) is 0 Å². The van der Waals surface area contributed by atoms with E-state index < -0.39 is 17.7 Å². The van der Waals surface area contributed by atoms with Gasteiger partial charge in [0, 0.05) is 23.0 Å². The number of hydrogen-bond donors (Lipinski definition) is 2. The molecule has 0 spiro atoms. The highest BCUT2D eigenvalue weighted by atomic mass is 35.5. The monoisotopic (exact) mass is 432 g/mol.